The van der Waals surface area contributed by atoms with Crippen molar-refractivity contribution in [3.63, 3.8) is 0 Å². The summed E-state index contributed by atoms with van der Waals surface area (Å²) in [5.74, 6) is 0. The van der Waals surface area contributed by atoms with Crippen LogP contribution in [0.2, 0.25) is 0 Å². The van der Waals surface area contributed by atoms with Crippen molar-refractivity contribution in [2.75, 3.05) is 19.6 Å². The molecule has 0 amide bonds. The molecule has 4 nitrogen and oxygen atoms in total. The third-order valence-electron chi connectivity index (χ3n) is 3.86. The molecule has 2 rings (SSSR count). The largest absolute Gasteiger partial charge is 0.310 e. The molecule has 0 aromatic carbocycles. The van der Waals surface area contributed by atoms with Crippen LogP contribution in [-0.4, -0.2) is 40.4 Å². The third-order valence-corrected chi connectivity index (χ3v) is 3.86. The fourth-order valence-electron chi connectivity index (χ4n) is 2.73. The number of aryl methyl sites for hydroxylation is 2. The topological polar surface area (TPSA) is 33.1 Å². The van der Waals surface area contributed by atoms with E-state index in [-0.39, 0.29) is 0 Å². The number of hydrogen-bond donors (Lipinski definition) is 1. The Morgan fingerprint density at radius 3 is 2.67 bits per heavy atom. The first-order valence-electron chi connectivity index (χ1n) is 7.11. The van der Waals surface area contributed by atoms with Crippen molar-refractivity contribution < 1.29 is 0 Å². The molecule has 1 fully saturated rings. The highest BCUT2D eigenvalue weighted by Crippen LogP contribution is 2.11. The molecule has 0 aliphatic carbocycles. The minimum Gasteiger partial charge on any atom is -0.310 e. The molecule has 4 heteroatoms. The van der Waals surface area contributed by atoms with E-state index in [4.69, 9.17) is 0 Å². The van der Waals surface area contributed by atoms with E-state index >= 15 is 0 Å². The molecule has 18 heavy (non-hydrogen) atoms. The lowest BCUT2D eigenvalue weighted by Gasteiger charge is -2.32. The van der Waals surface area contributed by atoms with Crippen molar-refractivity contribution in [3.05, 3.63) is 17.5 Å². The number of hydrogen-bond acceptors (Lipinski definition) is 3. The maximum absolute atomic E-state index is 4.36. The average Bonchev–Trinajstić information content (AvgIpc) is 2.69. The minimum absolute atomic E-state index is 0.639. The Morgan fingerprint density at radius 1 is 1.33 bits per heavy atom. The Bertz CT molecular complexity index is 366. The van der Waals surface area contributed by atoms with E-state index in [2.05, 4.69) is 28.3 Å². The number of piperidine rings is 1. The molecule has 1 N–H and O–H groups in total. The van der Waals surface area contributed by atoms with Crippen molar-refractivity contribution >= 4 is 0 Å². The zero-order valence-electron chi connectivity index (χ0n) is 11.9. The monoisotopic (exact) mass is 250 g/mol. The zero-order chi connectivity index (χ0) is 13.0. The van der Waals surface area contributed by atoms with Crippen LogP contribution in [0.15, 0.2) is 6.07 Å². The molecule has 0 spiro atoms. The smallest absolute Gasteiger partial charge is 0.0597 e. The van der Waals surface area contributed by atoms with Crippen molar-refractivity contribution in [1.29, 1.82) is 0 Å². The molecule has 0 bridgehead atoms. The Labute approximate surface area is 110 Å². The molecule has 0 radical (unpaired) electrons. The summed E-state index contributed by atoms with van der Waals surface area (Å²) in [6, 6.07) is 2.79. The highest BCUT2D eigenvalue weighted by molar-refractivity contribution is 5.08. The second-order valence-corrected chi connectivity index (χ2v) is 5.48. The van der Waals surface area contributed by atoms with Gasteiger partial charge in [-0.2, -0.15) is 5.10 Å². The Hall–Kier alpha value is -0.870. The maximum atomic E-state index is 4.36. The minimum atomic E-state index is 0.639. The van der Waals surface area contributed by atoms with Gasteiger partial charge in [0.1, 0.15) is 0 Å². The van der Waals surface area contributed by atoms with Gasteiger partial charge in [-0.15, -0.1) is 0 Å². The summed E-state index contributed by atoms with van der Waals surface area (Å²) < 4.78 is 1.97. The van der Waals surface area contributed by atoms with E-state index in [1.54, 1.807) is 0 Å². The molecular weight excluding hydrogens is 224 g/mol. The van der Waals surface area contributed by atoms with Gasteiger partial charge in [0.05, 0.1) is 11.4 Å². The van der Waals surface area contributed by atoms with Crippen LogP contribution < -0.4 is 5.32 Å². The van der Waals surface area contributed by atoms with E-state index in [0.29, 0.717) is 6.04 Å². The summed E-state index contributed by atoms with van der Waals surface area (Å²) in [5.41, 5.74) is 2.36. The summed E-state index contributed by atoms with van der Waals surface area (Å²) in [7, 11) is 2.01. The predicted octanol–water partition coefficient (Wildman–Crippen LogP) is 1.69. The molecule has 2 heterocycles. The van der Waals surface area contributed by atoms with Crippen molar-refractivity contribution in [2.24, 2.45) is 7.05 Å². The second kappa shape index (κ2) is 6.34. The average molecular weight is 250 g/mol. The fraction of sp³-hybridized carbons (Fsp3) is 0.786. The Balaban J connectivity index is 1.72. The van der Waals surface area contributed by atoms with Gasteiger partial charge in [0.2, 0.25) is 0 Å². The Kier molecular flexibility index (Phi) is 4.78. The summed E-state index contributed by atoms with van der Waals surface area (Å²) in [5, 5.41) is 7.92. The summed E-state index contributed by atoms with van der Waals surface area (Å²) in [4.78, 5) is 2.60. The highest BCUT2D eigenvalue weighted by atomic mass is 15.3. The molecule has 1 atom stereocenters. The molecule has 1 saturated heterocycles. The van der Waals surface area contributed by atoms with Crippen LogP contribution in [0.5, 0.6) is 0 Å². The van der Waals surface area contributed by atoms with Gasteiger partial charge < -0.3 is 5.32 Å². The van der Waals surface area contributed by atoms with Gasteiger partial charge in [-0.3, -0.25) is 9.58 Å². The molecule has 1 aliphatic rings. The van der Waals surface area contributed by atoms with Gasteiger partial charge in [-0.1, -0.05) is 6.42 Å². The SMILES string of the molecule is Cc1cc(CNCC(C)N2CCCCC2)n(C)n1. The van der Waals surface area contributed by atoms with Gasteiger partial charge in [-0.05, 0) is 45.8 Å². The zero-order valence-corrected chi connectivity index (χ0v) is 11.9. The lowest BCUT2D eigenvalue weighted by Crippen LogP contribution is -2.43. The van der Waals surface area contributed by atoms with Crippen LogP contribution in [0.3, 0.4) is 0 Å². The first-order chi connectivity index (χ1) is 8.66. The standard InChI is InChI=1S/C14H26N4/c1-12-9-14(17(3)16-12)11-15-10-13(2)18-7-5-4-6-8-18/h9,13,15H,4-8,10-11H2,1-3H3. The van der Waals surface area contributed by atoms with E-state index < -0.39 is 0 Å². The molecule has 102 valence electrons. The quantitative estimate of drug-likeness (QED) is 0.863. The summed E-state index contributed by atoms with van der Waals surface area (Å²) >= 11 is 0. The maximum Gasteiger partial charge on any atom is 0.0597 e. The van der Waals surface area contributed by atoms with E-state index in [9.17, 15) is 0 Å². The van der Waals surface area contributed by atoms with E-state index in [0.717, 1.165) is 18.8 Å². The third kappa shape index (κ3) is 3.56. The second-order valence-electron chi connectivity index (χ2n) is 5.48. The van der Waals surface area contributed by atoms with Crippen LogP contribution in [0.4, 0.5) is 0 Å². The van der Waals surface area contributed by atoms with Crippen LogP contribution in [0, 0.1) is 6.92 Å². The molecule has 1 aromatic rings. The molecule has 1 aliphatic heterocycles. The van der Waals surface area contributed by atoms with Crippen LogP contribution >= 0.6 is 0 Å². The lowest BCUT2D eigenvalue weighted by molar-refractivity contribution is 0.170. The highest BCUT2D eigenvalue weighted by Gasteiger charge is 2.16. The molecule has 1 unspecified atom stereocenters. The van der Waals surface area contributed by atoms with Gasteiger partial charge in [0.25, 0.3) is 0 Å². The molecular formula is C14H26N4. The normalized spacial score (nSPS) is 19.1. The van der Waals surface area contributed by atoms with Crippen LogP contribution in [-0.2, 0) is 13.6 Å². The summed E-state index contributed by atoms with van der Waals surface area (Å²) in [6.45, 7) is 8.88. The first-order valence-corrected chi connectivity index (χ1v) is 7.11. The first kappa shape index (κ1) is 13.6. The van der Waals surface area contributed by atoms with Crippen molar-refractivity contribution in [2.45, 2.75) is 45.7 Å². The molecule has 1 aromatic heterocycles. The predicted molar refractivity (Wildman–Crippen MR) is 74.5 cm³/mol. The number of likely N-dealkylation sites (tertiary alicyclic amines) is 1. The summed E-state index contributed by atoms with van der Waals surface area (Å²) in [6.07, 6.45) is 4.14. The number of nitrogens with zero attached hydrogens (tertiary/aromatic N) is 3. The van der Waals surface area contributed by atoms with Gasteiger partial charge in [0.15, 0.2) is 0 Å². The van der Waals surface area contributed by atoms with Crippen LogP contribution in [0.1, 0.15) is 37.6 Å². The number of nitrogens with one attached hydrogen (secondary N) is 1. The van der Waals surface area contributed by atoms with Gasteiger partial charge >= 0.3 is 0 Å². The van der Waals surface area contributed by atoms with Crippen LogP contribution in [0.25, 0.3) is 0 Å². The Morgan fingerprint density at radius 2 is 2.06 bits per heavy atom. The van der Waals surface area contributed by atoms with Crippen molar-refractivity contribution in [1.82, 2.24) is 20.0 Å². The number of aromatic nitrogens is 2. The molecule has 0 saturated carbocycles. The van der Waals surface area contributed by atoms with Gasteiger partial charge in [-0.25, -0.2) is 0 Å². The van der Waals surface area contributed by atoms with Crippen molar-refractivity contribution in [3.8, 4) is 0 Å². The van der Waals surface area contributed by atoms with E-state index in [1.165, 1.54) is 38.0 Å². The fourth-order valence-corrected chi connectivity index (χ4v) is 2.73. The lowest BCUT2D eigenvalue weighted by atomic mass is 10.1. The van der Waals surface area contributed by atoms with Gasteiger partial charge in [0, 0.05) is 26.2 Å². The van der Waals surface area contributed by atoms with E-state index in [1.807, 2.05) is 18.7 Å². The number of rotatable bonds is 5.